The zero-order chi connectivity index (χ0) is 31.0. The average molecular weight is 626 g/mol. The molecule has 1 aliphatic carbocycles. The molecule has 4 rings (SSSR count). The molecule has 0 unspecified atom stereocenters. The highest BCUT2D eigenvalue weighted by Gasteiger charge is 2.34. The number of anilines is 1. The van der Waals surface area contributed by atoms with Crippen LogP contribution in [0.4, 0.5) is 5.69 Å². The molecule has 1 aliphatic rings. The van der Waals surface area contributed by atoms with Crippen molar-refractivity contribution in [2.75, 3.05) is 24.2 Å². The Balaban J connectivity index is 1.73. The standard InChI is InChI=1S/C33H40ClN3O5S/c1-24-11-10-14-26(19-24)22-36(32(38)23-37(43(3,40)41)28-17-18-31(42-2)29(34)21-28)30(20-25-12-6-4-7-13-25)33(39)35-27-15-8-5-9-16-27/h4,6-7,10-14,17-19,21,27,30H,5,8-9,15-16,20,22-23H2,1-3H3,(H,35,39)/t30-/m0/s1. The maximum absolute atomic E-state index is 14.3. The fourth-order valence-electron chi connectivity index (χ4n) is 5.53. The molecule has 3 aromatic carbocycles. The number of carbonyl (C=O) groups is 2. The predicted molar refractivity (Wildman–Crippen MR) is 171 cm³/mol. The van der Waals surface area contributed by atoms with Gasteiger partial charge in [-0.25, -0.2) is 8.42 Å². The molecule has 1 saturated carbocycles. The summed E-state index contributed by atoms with van der Waals surface area (Å²) in [4.78, 5) is 29.8. The van der Waals surface area contributed by atoms with Crippen LogP contribution in [-0.2, 0) is 32.6 Å². The molecular formula is C33H40ClN3O5S. The number of nitrogens with one attached hydrogen (secondary N) is 1. The number of carbonyl (C=O) groups excluding carboxylic acids is 2. The first-order chi connectivity index (χ1) is 20.5. The smallest absolute Gasteiger partial charge is 0.244 e. The number of halogens is 1. The number of amides is 2. The van der Waals surface area contributed by atoms with Crippen molar-refractivity contribution in [3.63, 3.8) is 0 Å². The second-order valence-electron chi connectivity index (χ2n) is 11.1. The van der Waals surface area contributed by atoms with Crippen LogP contribution >= 0.6 is 11.6 Å². The Bertz CT molecular complexity index is 1510. The highest BCUT2D eigenvalue weighted by atomic mass is 35.5. The van der Waals surface area contributed by atoms with Crippen LogP contribution in [0.3, 0.4) is 0 Å². The van der Waals surface area contributed by atoms with Gasteiger partial charge in [-0.2, -0.15) is 0 Å². The summed E-state index contributed by atoms with van der Waals surface area (Å²) in [6.45, 7) is 1.60. The Morgan fingerprint density at radius 3 is 2.30 bits per heavy atom. The minimum atomic E-state index is -3.90. The predicted octanol–water partition coefficient (Wildman–Crippen LogP) is 5.51. The van der Waals surface area contributed by atoms with Gasteiger partial charge in [-0.1, -0.05) is 91.0 Å². The molecule has 1 N–H and O–H groups in total. The number of hydrogen-bond donors (Lipinski definition) is 1. The van der Waals surface area contributed by atoms with Gasteiger partial charge < -0.3 is 15.0 Å². The molecule has 0 bridgehead atoms. The van der Waals surface area contributed by atoms with Gasteiger partial charge in [-0.3, -0.25) is 13.9 Å². The third-order valence-corrected chi connectivity index (χ3v) is 9.20. The molecular weight excluding hydrogens is 586 g/mol. The summed E-state index contributed by atoms with van der Waals surface area (Å²) in [6.07, 6.45) is 6.37. The van der Waals surface area contributed by atoms with Crippen LogP contribution in [0.5, 0.6) is 5.75 Å². The highest BCUT2D eigenvalue weighted by Crippen LogP contribution is 2.30. The average Bonchev–Trinajstić information content (AvgIpc) is 2.98. The Labute approximate surface area is 260 Å². The van der Waals surface area contributed by atoms with Crippen LogP contribution in [-0.4, -0.2) is 57.1 Å². The summed E-state index contributed by atoms with van der Waals surface area (Å²) in [5.74, 6) is -0.359. The van der Waals surface area contributed by atoms with Gasteiger partial charge in [0.15, 0.2) is 0 Å². The lowest BCUT2D eigenvalue weighted by molar-refractivity contribution is -0.140. The van der Waals surface area contributed by atoms with Crippen molar-refractivity contribution < 1.29 is 22.7 Å². The quantitative estimate of drug-likeness (QED) is 0.286. The normalized spacial score (nSPS) is 14.5. The molecule has 10 heteroatoms. The van der Waals surface area contributed by atoms with Crippen LogP contribution in [0.1, 0.15) is 48.8 Å². The first-order valence-corrected chi connectivity index (χ1v) is 16.8. The van der Waals surface area contributed by atoms with E-state index < -0.39 is 28.5 Å². The number of aryl methyl sites for hydroxylation is 1. The molecule has 8 nitrogen and oxygen atoms in total. The fraction of sp³-hybridized carbons (Fsp3) is 0.394. The minimum Gasteiger partial charge on any atom is -0.495 e. The zero-order valence-corrected chi connectivity index (χ0v) is 26.5. The number of methoxy groups -OCH3 is 1. The summed E-state index contributed by atoms with van der Waals surface area (Å²) in [6, 6.07) is 21.0. The van der Waals surface area contributed by atoms with Crippen molar-refractivity contribution in [3.05, 3.63) is 94.5 Å². The maximum atomic E-state index is 14.3. The van der Waals surface area contributed by atoms with E-state index in [4.69, 9.17) is 16.3 Å². The van der Waals surface area contributed by atoms with E-state index in [0.717, 1.165) is 59.4 Å². The molecule has 1 fully saturated rings. The van der Waals surface area contributed by atoms with Crippen LogP contribution in [0, 0.1) is 6.92 Å². The van der Waals surface area contributed by atoms with E-state index in [1.807, 2.05) is 61.5 Å². The lowest BCUT2D eigenvalue weighted by Crippen LogP contribution is -2.55. The second-order valence-corrected chi connectivity index (χ2v) is 13.5. The summed E-state index contributed by atoms with van der Waals surface area (Å²) in [5, 5.41) is 3.43. The fourth-order valence-corrected chi connectivity index (χ4v) is 6.62. The summed E-state index contributed by atoms with van der Waals surface area (Å²) >= 11 is 6.33. The number of ether oxygens (including phenoxy) is 1. The third kappa shape index (κ3) is 8.97. The van der Waals surface area contributed by atoms with Crippen molar-refractivity contribution >= 4 is 39.1 Å². The van der Waals surface area contributed by atoms with Gasteiger partial charge in [0.2, 0.25) is 21.8 Å². The third-order valence-electron chi connectivity index (χ3n) is 7.76. The van der Waals surface area contributed by atoms with Crippen LogP contribution in [0.25, 0.3) is 0 Å². The van der Waals surface area contributed by atoms with Crippen LogP contribution < -0.4 is 14.4 Å². The number of sulfonamides is 1. The van der Waals surface area contributed by atoms with E-state index in [1.54, 1.807) is 12.1 Å². The van der Waals surface area contributed by atoms with E-state index in [9.17, 15) is 18.0 Å². The van der Waals surface area contributed by atoms with Gasteiger partial charge in [0.05, 0.1) is 24.1 Å². The molecule has 2 amide bonds. The lowest BCUT2D eigenvalue weighted by atomic mass is 9.94. The van der Waals surface area contributed by atoms with E-state index >= 15 is 0 Å². The maximum Gasteiger partial charge on any atom is 0.244 e. The number of benzene rings is 3. The number of rotatable bonds is 12. The van der Waals surface area contributed by atoms with Crippen molar-refractivity contribution in [1.82, 2.24) is 10.2 Å². The molecule has 0 saturated heterocycles. The topological polar surface area (TPSA) is 96.0 Å². The van der Waals surface area contributed by atoms with Gasteiger partial charge in [-0.15, -0.1) is 0 Å². The van der Waals surface area contributed by atoms with E-state index in [2.05, 4.69) is 5.32 Å². The van der Waals surface area contributed by atoms with E-state index in [1.165, 1.54) is 18.1 Å². The van der Waals surface area contributed by atoms with Crippen molar-refractivity contribution in [3.8, 4) is 5.75 Å². The van der Waals surface area contributed by atoms with Crippen molar-refractivity contribution in [2.45, 2.75) is 64.1 Å². The molecule has 0 heterocycles. The summed E-state index contributed by atoms with van der Waals surface area (Å²) < 4.78 is 32.3. The molecule has 0 aliphatic heterocycles. The Morgan fingerprint density at radius 1 is 0.977 bits per heavy atom. The van der Waals surface area contributed by atoms with E-state index in [0.29, 0.717) is 5.75 Å². The molecule has 1 atom stereocenters. The zero-order valence-electron chi connectivity index (χ0n) is 25.0. The van der Waals surface area contributed by atoms with E-state index in [-0.39, 0.29) is 35.6 Å². The largest absolute Gasteiger partial charge is 0.495 e. The van der Waals surface area contributed by atoms with Gasteiger partial charge in [0.1, 0.15) is 18.3 Å². The number of hydrogen-bond acceptors (Lipinski definition) is 5. The van der Waals surface area contributed by atoms with Gasteiger partial charge >= 0.3 is 0 Å². The summed E-state index contributed by atoms with van der Waals surface area (Å²) in [7, 11) is -2.44. The van der Waals surface area contributed by atoms with Crippen molar-refractivity contribution in [2.24, 2.45) is 0 Å². The molecule has 0 radical (unpaired) electrons. The Morgan fingerprint density at radius 2 is 1.67 bits per heavy atom. The molecule has 230 valence electrons. The molecule has 0 aromatic heterocycles. The molecule has 43 heavy (non-hydrogen) atoms. The summed E-state index contributed by atoms with van der Waals surface area (Å²) in [5.41, 5.74) is 2.98. The Hall–Kier alpha value is -3.56. The lowest BCUT2D eigenvalue weighted by Gasteiger charge is -2.35. The molecule has 0 spiro atoms. The first kappa shape index (κ1) is 32.4. The second kappa shape index (κ2) is 14.8. The van der Waals surface area contributed by atoms with Crippen LogP contribution in [0.15, 0.2) is 72.8 Å². The SMILES string of the molecule is COc1ccc(N(CC(=O)N(Cc2cccc(C)c2)[C@@H](Cc2ccccc2)C(=O)NC2CCCCC2)S(C)(=O)=O)cc1Cl. The highest BCUT2D eigenvalue weighted by molar-refractivity contribution is 7.92. The van der Waals surface area contributed by atoms with Crippen molar-refractivity contribution in [1.29, 1.82) is 0 Å². The monoisotopic (exact) mass is 625 g/mol. The number of nitrogens with zero attached hydrogens (tertiary/aromatic N) is 2. The molecule has 3 aromatic rings. The Kier molecular flexibility index (Phi) is 11.1. The van der Waals surface area contributed by atoms with Gasteiger partial charge in [0.25, 0.3) is 0 Å². The first-order valence-electron chi connectivity index (χ1n) is 14.6. The van der Waals surface area contributed by atoms with Gasteiger partial charge in [0, 0.05) is 19.0 Å². The van der Waals surface area contributed by atoms with Crippen LogP contribution in [0.2, 0.25) is 5.02 Å². The van der Waals surface area contributed by atoms with Gasteiger partial charge in [-0.05, 0) is 49.1 Å². The minimum absolute atomic E-state index is 0.0457.